The lowest BCUT2D eigenvalue weighted by Crippen LogP contribution is -2.37. The second kappa shape index (κ2) is 9.84. The van der Waals surface area contributed by atoms with E-state index in [-0.39, 0.29) is 17.7 Å². The molecule has 1 aromatic heterocycles. The smallest absolute Gasteiger partial charge is 0.339 e. The number of nitrogens with zero attached hydrogens (tertiary/aromatic N) is 2. The van der Waals surface area contributed by atoms with Gasteiger partial charge in [-0.25, -0.2) is 9.78 Å². The zero-order chi connectivity index (χ0) is 22.7. The number of hydrogen-bond acceptors (Lipinski definition) is 6. The fourth-order valence-corrected chi connectivity index (χ4v) is 5.35. The highest BCUT2D eigenvalue weighted by Crippen LogP contribution is 2.32. The molecule has 0 N–H and O–H groups in total. The maximum atomic E-state index is 13.2. The zero-order valence-corrected chi connectivity index (χ0v) is 19.7. The fourth-order valence-electron chi connectivity index (χ4n) is 4.21. The number of rotatable bonds is 6. The van der Waals surface area contributed by atoms with Crippen molar-refractivity contribution in [1.82, 2.24) is 4.98 Å². The molecule has 0 amide bonds. The van der Waals surface area contributed by atoms with Crippen molar-refractivity contribution in [3.8, 4) is 10.6 Å². The van der Waals surface area contributed by atoms with Crippen molar-refractivity contribution in [2.45, 2.75) is 26.2 Å². The Bertz CT molecular complexity index is 1130. The second-order valence-electron chi connectivity index (χ2n) is 8.03. The van der Waals surface area contributed by atoms with Crippen LogP contribution < -0.4 is 4.90 Å². The van der Waals surface area contributed by atoms with Gasteiger partial charge in [-0.15, -0.1) is 11.3 Å². The molecule has 1 aliphatic rings. The van der Waals surface area contributed by atoms with E-state index < -0.39 is 0 Å². The largest absolute Gasteiger partial charge is 0.465 e. The molecule has 0 aliphatic carbocycles. The molecule has 1 atom stereocenters. The lowest BCUT2D eigenvalue weighted by Gasteiger charge is -2.35. The number of methoxy groups -OCH3 is 1. The number of ether oxygens (including phenoxy) is 1. The first-order chi connectivity index (χ1) is 15.5. The molecule has 1 aliphatic heterocycles. The number of carbonyl (C=O) groups excluding carboxylic acids is 2. The number of para-hydroxylation sites is 1. The van der Waals surface area contributed by atoms with E-state index in [1.54, 1.807) is 6.07 Å². The summed E-state index contributed by atoms with van der Waals surface area (Å²) < 4.78 is 4.94. The Morgan fingerprint density at radius 2 is 1.94 bits per heavy atom. The number of anilines is 1. The number of Topliss-reactive ketones (excluding diaryl/α,β-unsaturated/α-hetero) is 1. The minimum absolute atomic E-state index is 0.133. The second-order valence-corrected chi connectivity index (χ2v) is 9.47. The van der Waals surface area contributed by atoms with Gasteiger partial charge in [0.05, 0.1) is 28.9 Å². The van der Waals surface area contributed by atoms with Gasteiger partial charge < -0.3 is 9.64 Å². The van der Waals surface area contributed by atoms with Gasteiger partial charge in [-0.3, -0.25) is 4.79 Å². The van der Waals surface area contributed by atoms with Crippen LogP contribution in [0.25, 0.3) is 10.6 Å². The minimum Gasteiger partial charge on any atom is -0.465 e. The number of thiazole rings is 1. The monoisotopic (exact) mass is 468 g/mol. The third-order valence-corrected chi connectivity index (χ3v) is 7.28. The molecule has 32 heavy (non-hydrogen) atoms. The molecule has 0 bridgehead atoms. The molecule has 0 saturated carbocycles. The van der Waals surface area contributed by atoms with E-state index in [0.717, 1.165) is 52.8 Å². The fraction of sp³-hybridized carbons (Fsp3) is 0.320. The van der Waals surface area contributed by atoms with E-state index in [2.05, 4.69) is 9.88 Å². The van der Waals surface area contributed by atoms with Crippen molar-refractivity contribution in [2.75, 3.05) is 25.1 Å². The Kier molecular flexibility index (Phi) is 6.92. The highest BCUT2D eigenvalue weighted by Gasteiger charge is 2.27. The van der Waals surface area contributed by atoms with Crippen LogP contribution in [-0.4, -0.2) is 36.9 Å². The van der Waals surface area contributed by atoms with Gasteiger partial charge >= 0.3 is 5.97 Å². The standard InChI is InChI=1S/C25H25ClN2O3S/c1-16-23(32-24(27-16)18-9-11-19(26)12-10-18)22(29)14-17-6-5-13-28(15-17)21-8-4-3-7-20(21)25(30)31-2/h3-4,7-12,17H,5-6,13-15H2,1-2H3. The SMILES string of the molecule is COC(=O)c1ccccc1N1CCCC(CC(=O)c2sc(-c3ccc(Cl)cc3)nc2C)C1. The van der Waals surface area contributed by atoms with Crippen molar-refractivity contribution in [1.29, 1.82) is 0 Å². The molecule has 2 heterocycles. The number of halogens is 1. The summed E-state index contributed by atoms with van der Waals surface area (Å²) in [7, 11) is 1.40. The lowest BCUT2D eigenvalue weighted by molar-refractivity contribution is 0.0601. The number of aromatic nitrogens is 1. The van der Waals surface area contributed by atoms with E-state index >= 15 is 0 Å². The van der Waals surface area contributed by atoms with Gasteiger partial charge in [0.1, 0.15) is 5.01 Å². The van der Waals surface area contributed by atoms with Crippen LogP contribution in [-0.2, 0) is 4.74 Å². The summed E-state index contributed by atoms with van der Waals surface area (Å²) in [5, 5.41) is 1.51. The molecule has 3 aromatic rings. The summed E-state index contributed by atoms with van der Waals surface area (Å²) in [6.07, 6.45) is 2.44. The van der Waals surface area contributed by atoms with E-state index in [9.17, 15) is 9.59 Å². The molecular weight excluding hydrogens is 444 g/mol. The Labute approximate surface area is 197 Å². The van der Waals surface area contributed by atoms with E-state index in [0.29, 0.717) is 17.0 Å². The van der Waals surface area contributed by atoms with Crippen LogP contribution in [0.5, 0.6) is 0 Å². The van der Waals surface area contributed by atoms with Crippen LogP contribution in [0.15, 0.2) is 48.5 Å². The molecule has 2 aromatic carbocycles. The number of aryl methyl sites for hydroxylation is 1. The summed E-state index contributed by atoms with van der Waals surface area (Å²) in [4.78, 5) is 32.9. The van der Waals surface area contributed by atoms with E-state index in [4.69, 9.17) is 16.3 Å². The van der Waals surface area contributed by atoms with Gasteiger partial charge in [0.2, 0.25) is 0 Å². The highest BCUT2D eigenvalue weighted by molar-refractivity contribution is 7.17. The van der Waals surface area contributed by atoms with Gasteiger partial charge in [0.25, 0.3) is 0 Å². The molecule has 7 heteroatoms. The number of ketones is 1. The van der Waals surface area contributed by atoms with Crippen LogP contribution in [0.2, 0.25) is 5.02 Å². The van der Waals surface area contributed by atoms with Gasteiger partial charge in [-0.2, -0.15) is 0 Å². The van der Waals surface area contributed by atoms with Crippen LogP contribution in [0.3, 0.4) is 0 Å². The maximum absolute atomic E-state index is 13.2. The summed E-state index contributed by atoms with van der Waals surface area (Å²) in [6, 6.07) is 15.0. The molecule has 4 rings (SSSR count). The molecule has 0 radical (unpaired) electrons. The van der Waals surface area contributed by atoms with Crippen molar-refractivity contribution >= 4 is 40.4 Å². The van der Waals surface area contributed by atoms with E-state index in [1.807, 2.05) is 49.4 Å². The number of hydrogen-bond donors (Lipinski definition) is 0. The first-order valence-electron chi connectivity index (χ1n) is 10.6. The summed E-state index contributed by atoms with van der Waals surface area (Å²) in [6.45, 7) is 3.49. The number of benzene rings is 2. The number of piperidine rings is 1. The van der Waals surface area contributed by atoms with Gasteiger partial charge in [0.15, 0.2) is 5.78 Å². The van der Waals surface area contributed by atoms with Gasteiger partial charge in [0, 0.05) is 30.1 Å². The molecule has 0 spiro atoms. The maximum Gasteiger partial charge on any atom is 0.339 e. The summed E-state index contributed by atoms with van der Waals surface area (Å²) in [5.74, 6) is 0.0181. The minimum atomic E-state index is -0.339. The summed E-state index contributed by atoms with van der Waals surface area (Å²) in [5.41, 5.74) is 3.17. The predicted octanol–water partition coefficient (Wildman–Crippen LogP) is 6.05. The van der Waals surface area contributed by atoms with Crippen molar-refractivity contribution in [3.63, 3.8) is 0 Å². The van der Waals surface area contributed by atoms with E-state index in [1.165, 1.54) is 18.4 Å². The van der Waals surface area contributed by atoms with Crippen molar-refractivity contribution < 1.29 is 14.3 Å². The molecule has 5 nitrogen and oxygen atoms in total. The quantitative estimate of drug-likeness (QED) is 0.325. The molecular formula is C25H25ClN2O3S. The van der Waals surface area contributed by atoms with Crippen LogP contribution in [0.1, 0.15) is 45.0 Å². The number of carbonyl (C=O) groups is 2. The third-order valence-electron chi connectivity index (χ3n) is 5.78. The zero-order valence-electron chi connectivity index (χ0n) is 18.1. The highest BCUT2D eigenvalue weighted by atomic mass is 35.5. The van der Waals surface area contributed by atoms with Crippen molar-refractivity contribution in [3.05, 3.63) is 69.7 Å². The molecule has 166 valence electrons. The topological polar surface area (TPSA) is 59.5 Å². The molecule has 1 unspecified atom stereocenters. The van der Waals surface area contributed by atoms with Crippen LogP contribution in [0, 0.1) is 12.8 Å². The van der Waals surface area contributed by atoms with Crippen LogP contribution in [0.4, 0.5) is 5.69 Å². The molecule has 1 fully saturated rings. The first-order valence-corrected chi connectivity index (χ1v) is 11.8. The Hall–Kier alpha value is -2.70. The number of esters is 1. The third kappa shape index (κ3) is 4.87. The first kappa shape index (κ1) is 22.5. The summed E-state index contributed by atoms with van der Waals surface area (Å²) >= 11 is 7.43. The Morgan fingerprint density at radius 1 is 1.19 bits per heavy atom. The predicted molar refractivity (Wildman–Crippen MR) is 129 cm³/mol. The molecule has 1 saturated heterocycles. The van der Waals surface area contributed by atoms with Gasteiger partial charge in [-0.1, -0.05) is 35.9 Å². The Balaban J connectivity index is 1.48. The normalized spacial score (nSPS) is 16.1. The lowest BCUT2D eigenvalue weighted by atomic mass is 9.91. The van der Waals surface area contributed by atoms with Crippen LogP contribution >= 0.6 is 22.9 Å². The van der Waals surface area contributed by atoms with Gasteiger partial charge in [-0.05, 0) is 49.9 Å². The van der Waals surface area contributed by atoms with Crippen molar-refractivity contribution in [2.24, 2.45) is 5.92 Å². The average molecular weight is 469 g/mol. The Morgan fingerprint density at radius 3 is 2.69 bits per heavy atom. The average Bonchev–Trinajstić information content (AvgIpc) is 3.21.